The molecule has 27 heavy (non-hydrogen) atoms. The Morgan fingerprint density at radius 2 is 1.93 bits per heavy atom. The second-order valence-corrected chi connectivity index (χ2v) is 5.61. The summed E-state index contributed by atoms with van der Waals surface area (Å²) >= 11 is 0. The molecule has 0 atom stereocenters. The van der Waals surface area contributed by atoms with E-state index in [0.29, 0.717) is 18.7 Å². The fourth-order valence-corrected chi connectivity index (χ4v) is 2.43. The lowest BCUT2D eigenvalue weighted by atomic mass is 10.3. The summed E-state index contributed by atoms with van der Waals surface area (Å²) in [7, 11) is 0. The maximum atomic E-state index is 12.1. The van der Waals surface area contributed by atoms with Gasteiger partial charge >= 0.3 is 6.36 Å². The number of ether oxygens (including phenoxy) is 1. The topological polar surface area (TPSA) is 89.8 Å². The van der Waals surface area contributed by atoms with E-state index in [1.54, 1.807) is 0 Å². The number of halogens is 3. The first-order chi connectivity index (χ1) is 12.9. The lowest BCUT2D eigenvalue weighted by molar-refractivity contribution is -0.274. The van der Waals surface area contributed by atoms with Gasteiger partial charge in [-0.15, -0.1) is 23.4 Å². The number of aliphatic imine (C=N–C) groups is 1. The van der Waals surface area contributed by atoms with Crippen LogP contribution < -0.4 is 15.8 Å². The monoisotopic (exact) mass is 378 g/mol. The fourth-order valence-electron chi connectivity index (χ4n) is 2.43. The molecule has 0 aliphatic carbocycles. The summed E-state index contributed by atoms with van der Waals surface area (Å²) in [5.41, 5.74) is 7.09. The number of nitrogens with two attached hydrogens (primary N) is 1. The van der Waals surface area contributed by atoms with Crippen molar-refractivity contribution in [2.45, 2.75) is 19.2 Å². The third kappa shape index (κ3) is 5.33. The summed E-state index contributed by atoms with van der Waals surface area (Å²) in [5.74, 6) is 0.710. The normalized spacial score (nSPS) is 12.3. The average molecular weight is 378 g/mol. The zero-order chi connectivity index (χ0) is 19.3. The van der Waals surface area contributed by atoms with Gasteiger partial charge in [-0.3, -0.25) is 9.39 Å². The summed E-state index contributed by atoms with van der Waals surface area (Å²) in [6.45, 7) is 0.468. The lowest BCUT2D eigenvalue weighted by Crippen LogP contribution is -2.23. The van der Waals surface area contributed by atoms with Gasteiger partial charge in [-0.25, -0.2) is 0 Å². The molecule has 10 heteroatoms. The number of alkyl halides is 3. The van der Waals surface area contributed by atoms with Crippen LogP contribution in [0.3, 0.4) is 0 Å². The van der Waals surface area contributed by atoms with Crippen molar-refractivity contribution in [1.82, 2.24) is 14.6 Å². The van der Waals surface area contributed by atoms with Crippen molar-refractivity contribution in [2.75, 3.05) is 11.9 Å². The quantitative estimate of drug-likeness (QED) is 0.391. The number of nitrogens with one attached hydrogen (secondary N) is 1. The van der Waals surface area contributed by atoms with Gasteiger partial charge in [-0.2, -0.15) is 0 Å². The zero-order valence-corrected chi connectivity index (χ0v) is 14.1. The number of anilines is 1. The van der Waals surface area contributed by atoms with Gasteiger partial charge in [0.2, 0.25) is 0 Å². The maximum Gasteiger partial charge on any atom is 0.573 e. The van der Waals surface area contributed by atoms with E-state index in [-0.39, 0.29) is 11.7 Å². The van der Waals surface area contributed by atoms with Gasteiger partial charge in [0.1, 0.15) is 11.6 Å². The average Bonchev–Trinajstić information content (AvgIpc) is 3.02. The van der Waals surface area contributed by atoms with Crippen LogP contribution in [0.1, 0.15) is 12.2 Å². The molecule has 0 spiro atoms. The molecular weight excluding hydrogens is 361 g/mol. The largest absolute Gasteiger partial charge is 0.573 e. The highest BCUT2D eigenvalue weighted by atomic mass is 19.4. The molecule has 0 saturated heterocycles. The van der Waals surface area contributed by atoms with Crippen molar-refractivity contribution in [1.29, 1.82) is 0 Å². The van der Waals surface area contributed by atoms with E-state index in [9.17, 15) is 13.2 Å². The van der Waals surface area contributed by atoms with Crippen molar-refractivity contribution in [3.05, 3.63) is 54.5 Å². The first kappa shape index (κ1) is 18.5. The van der Waals surface area contributed by atoms with Crippen LogP contribution in [0.2, 0.25) is 0 Å². The maximum absolute atomic E-state index is 12.1. The van der Waals surface area contributed by atoms with Crippen LogP contribution in [0.5, 0.6) is 5.75 Å². The number of guanidine groups is 1. The summed E-state index contributed by atoms with van der Waals surface area (Å²) < 4.78 is 42.1. The molecule has 3 aromatic rings. The predicted octanol–water partition coefficient (Wildman–Crippen LogP) is 2.99. The molecular formula is C17H17F3N6O. The Kier molecular flexibility index (Phi) is 5.43. The van der Waals surface area contributed by atoms with E-state index in [4.69, 9.17) is 5.73 Å². The number of fused-ring (bicyclic) bond motifs is 1. The fraction of sp³-hybridized carbons (Fsp3) is 0.235. The number of hydrogen-bond donors (Lipinski definition) is 2. The summed E-state index contributed by atoms with van der Waals surface area (Å²) in [6.07, 6.45) is -1.41. The number of benzene rings is 1. The molecule has 7 nitrogen and oxygen atoms in total. The second-order valence-electron chi connectivity index (χ2n) is 5.61. The molecule has 1 aromatic carbocycles. The van der Waals surface area contributed by atoms with Crippen molar-refractivity contribution in [2.24, 2.45) is 10.7 Å². The highest BCUT2D eigenvalue weighted by molar-refractivity contribution is 5.92. The first-order valence-corrected chi connectivity index (χ1v) is 8.12. The zero-order valence-electron chi connectivity index (χ0n) is 14.1. The Bertz CT molecular complexity index is 920. The number of aromatic nitrogens is 3. The number of aryl methyl sites for hydroxylation is 1. The molecule has 3 N–H and O–H groups in total. The van der Waals surface area contributed by atoms with E-state index in [1.807, 2.05) is 28.8 Å². The van der Waals surface area contributed by atoms with Gasteiger partial charge in [0.05, 0.1) is 0 Å². The van der Waals surface area contributed by atoms with Crippen LogP contribution in [0.25, 0.3) is 5.65 Å². The van der Waals surface area contributed by atoms with E-state index in [0.717, 1.165) is 17.9 Å². The van der Waals surface area contributed by atoms with Gasteiger partial charge in [0.25, 0.3) is 0 Å². The Balaban J connectivity index is 1.48. The molecule has 0 aliphatic heterocycles. The number of hydrogen-bond acceptors (Lipinski definition) is 4. The number of rotatable bonds is 6. The third-order valence-electron chi connectivity index (χ3n) is 3.59. The Morgan fingerprint density at radius 3 is 2.67 bits per heavy atom. The molecule has 0 bridgehead atoms. The minimum Gasteiger partial charge on any atom is -0.406 e. The first-order valence-electron chi connectivity index (χ1n) is 8.12. The van der Waals surface area contributed by atoms with Crippen molar-refractivity contribution < 1.29 is 17.9 Å². The van der Waals surface area contributed by atoms with E-state index in [1.165, 1.54) is 24.3 Å². The highest BCUT2D eigenvalue weighted by Crippen LogP contribution is 2.23. The van der Waals surface area contributed by atoms with E-state index in [2.05, 4.69) is 25.2 Å². The summed E-state index contributed by atoms with van der Waals surface area (Å²) in [6, 6.07) is 10.9. The van der Waals surface area contributed by atoms with Crippen LogP contribution in [-0.4, -0.2) is 33.5 Å². The second kappa shape index (κ2) is 7.94. The molecule has 0 radical (unpaired) electrons. The highest BCUT2D eigenvalue weighted by Gasteiger charge is 2.30. The molecule has 0 amide bonds. The minimum atomic E-state index is -4.72. The van der Waals surface area contributed by atoms with Crippen LogP contribution >= 0.6 is 0 Å². The molecule has 0 aliphatic rings. The van der Waals surface area contributed by atoms with Gasteiger partial charge < -0.3 is 15.8 Å². The van der Waals surface area contributed by atoms with Crippen LogP contribution in [0.15, 0.2) is 53.7 Å². The van der Waals surface area contributed by atoms with Crippen molar-refractivity contribution >= 4 is 17.3 Å². The molecule has 2 aromatic heterocycles. The van der Waals surface area contributed by atoms with E-state index >= 15 is 0 Å². The molecule has 3 rings (SSSR count). The molecule has 2 heterocycles. The molecule has 0 fully saturated rings. The SMILES string of the molecule is NC(=NCCCc1nnc2ccccn12)Nc1ccc(OC(F)(F)F)cc1. The molecule has 0 saturated carbocycles. The minimum absolute atomic E-state index is 0.172. The number of pyridine rings is 1. The molecule has 142 valence electrons. The Labute approximate surface area is 152 Å². The standard InChI is InChI=1S/C17H17F3N6O/c18-17(19,20)27-13-8-6-12(7-9-13)23-16(21)22-10-3-5-15-25-24-14-4-1-2-11-26(14)15/h1-2,4,6-9,11H,3,5,10H2,(H3,21,22,23). The van der Waals surface area contributed by atoms with E-state index < -0.39 is 6.36 Å². The predicted molar refractivity (Wildman–Crippen MR) is 94.5 cm³/mol. The lowest BCUT2D eigenvalue weighted by Gasteiger charge is -2.10. The van der Waals surface area contributed by atoms with Crippen LogP contribution in [0, 0.1) is 0 Å². The Morgan fingerprint density at radius 1 is 1.15 bits per heavy atom. The molecule has 0 unspecified atom stereocenters. The van der Waals surface area contributed by atoms with Gasteiger partial charge in [0.15, 0.2) is 11.6 Å². The van der Waals surface area contributed by atoms with Crippen LogP contribution in [-0.2, 0) is 6.42 Å². The van der Waals surface area contributed by atoms with Crippen molar-refractivity contribution in [3.63, 3.8) is 0 Å². The summed E-state index contributed by atoms with van der Waals surface area (Å²) in [4.78, 5) is 4.20. The van der Waals surface area contributed by atoms with Gasteiger partial charge in [-0.1, -0.05) is 6.07 Å². The Hall–Kier alpha value is -3.30. The van der Waals surface area contributed by atoms with Crippen molar-refractivity contribution in [3.8, 4) is 5.75 Å². The smallest absolute Gasteiger partial charge is 0.406 e. The van der Waals surface area contributed by atoms with Crippen LogP contribution in [0.4, 0.5) is 18.9 Å². The number of nitrogens with zero attached hydrogens (tertiary/aromatic N) is 4. The van der Waals surface area contributed by atoms with Gasteiger partial charge in [0, 0.05) is 24.8 Å². The van der Waals surface area contributed by atoms with Gasteiger partial charge in [-0.05, 0) is 42.8 Å². The summed E-state index contributed by atoms with van der Waals surface area (Å²) in [5, 5.41) is 11.0. The third-order valence-corrected chi connectivity index (χ3v) is 3.59.